The molecule has 68 valence electrons. The van der Waals surface area contributed by atoms with Gasteiger partial charge < -0.3 is 11.1 Å². The minimum atomic E-state index is -0.744. The SMILES string of the molecule is CNC(=O)N=C(NC(N)=O)SC. The van der Waals surface area contributed by atoms with Crippen molar-refractivity contribution in [1.82, 2.24) is 10.6 Å². The maximum atomic E-state index is 10.7. The van der Waals surface area contributed by atoms with Crippen LogP contribution in [0.4, 0.5) is 9.59 Å². The molecule has 12 heavy (non-hydrogen) atoms. The summed E-state index contributed by atoms with van der Waals surface area (Å²) in [5.41, 5.74) is 4.81. The van der Waals surface area contributed by atoms with E-state index in [0.717, 1.165) is 11.8 Å². The van der Waals surface area contributed by atoms with E-state index in [1.54, 1.807) is 6.26 Å². The van der Waals surface area contributed by atoms with Crippen LogP contribution in [0.2, 0.25) is 0 Å². The summed E-state index contributed by atoms with van der Waals surface area (Å²) in [5, 5.41) is 4.63. The van der Waals surface area contributed by atoms with Crippen molar-refractivity contribution >= 4 is 29.0 Å². The molecule has 0 aliphatic heterocycles. The number of urea groups is 2. The van der Waals surface area contributed by atoms with Crippen molar-refractivity contribution in [3.63, 3.8) is 0 Å². The number of hydrogen-bond acceptors (Lipinski definition) is 3. The van der Waals surface area contributed by atoms with E-state index in [1.807, 2.05) is 0 Å². The molecule has 0 bridgehead atoms. The van der Waals surface area contributed by atoms with Crippen LogP contribution in [0.25, 0.3) is 0 Å². The predicted molar refractivity (Wildman–Crippen MR) is 48.1 cm³/mol. The number of hydrogen-bond donors (Lipinski definition) is 3. The zero-order valence-electron chi connectivity index (χ0n) is 6.75. The number of nitrogens with zero attached hydrogens (tertiary/aromatic N) is 1. The topological polar surface area (TPSA) is 96.6 Å². The molecule has 0 aromatic heterocycles. The van der Waals surface area contributed by atoms with E-state index in [-0.39, 0.29) is 5.17 Å². The maximum absolute atomic E-state index is 10.7. The van der Waals surface area contributed by atoms with Crippen molar-refractivity contribution < 1.29 is 9.59 Å². The molecule has 0 saturated heterocycles. The molecule has 0 unspecified atom stereocenters. The quantitative estimate of drug-likeness (QED) is 0.362. The number of primary amides is 1. The summed E-state index contributed by atoms with van der Waals surface area (Å²) >= 11 is 1.12. The van der Waals surface area contributed by atoms with Crippen LogP contribution in [0, 0.1) is 0 Å². The fourth-order valence-electron chi connectivity index (χ4n) is 0.378. The second-order valence-electron chi connectivity index (χ2n) is 1.67. The summed E-state index contributed by atoms with van der Waals surface area (Å²) < 4.78 is 0. The van der Waals surface area contributed by atoms with Crippen LogP contribution in [-0.2, 0) is 0 Å². The van der Waals surface area contributed by atoms with E-state index >= 15 is 0 Å². The molecular formula is C5H10N4O2S. The molecular weight excluding hydrogens is 180 g/mol. The van der Waals surface area contributed by atoms with Crippen molar-refractivity contribution in [2.24, 2.45) is 10.7 Å². The number of amides is 4. The van der Waals surface area contributed by atoms with Crippen LogP contribution >= 0.6 is 11.8 Å². The van der Waals surface area contributed by atoms with Crippen LogP contribution in [0.5, 0.6) is 0 Å². The zero-order chi connectivity index (χ0) is 9.56. The second kappa shape index (κ2) is 5.42. The smallest absolute Gasteiger partial charge is 0.343 e. The molecule has 0 aliphatic carbocycles. The average Bonchev–Trinajstić information content (AvgIpc) is 2.02. The summed E-state index contributed by atoms with van der Waals surface area (Å²) in [6.45, 7) is 0. The molecule has 0 rings (SSSR count). The Morgan fingerprint density at radius 3 is 2.42 bits per heavy atom. The molecule has 0 saturated carbocycles. The third kappa shape index (κ3) is 4.56. The highest BCUT2D eigenvalue weighted by Gasteiger charge is 2.02. The minimum Gasteiger partial charge on any atom is -0.351 e. The minimum absolute atomic E-state index is 0.168. The van der Waals surface area contributed by atoms with Crippen LogP contribution in [0.3, 0.4) is 0 Å². The number of carbonyl (C=O) groups excluding carboxylic acids is 2. The Morgan fingerprint density at radius 2 is 2.08 bits per heavy atom. The van der Waals surface area contributed by atoms with Crippen molar-refractivity contribution in [3.05, 3.63) is 0 Å². The highest BCUT2D eigenvalue weighted by atomic mass is 32.2. The molecule has 6 nitrogen and oxygen atoms in total. The lowest BCUT2D eigenvalue weighted by Crippen LogP contribution is -2.34. The number of carbonyl (C=O) groups is 2. The van der Waals surface area contributed by atoms with Crippen LogP contribution in [-0.4, -0.2) is 30.5 Å². The Bertz CT molecular complexity index is 215. The van der Waals surface area contributed by atoms with Gasteiger partial charge in [0.2, 0.25) is 0 Å². The lowest BCUT2D eigenvalue weighted by atomic mass is 10.9. The molecule has 0 atom stereocenters. The Morgan fingerprint density at radius 1 is 1.50 bits per heavy atom. The maximum Gasteiger partial charge on any atom is 0.343 e. The first-order valence-corrected chi connectivity index (χ1v) is 4.23. The van der Waals surface area contributed by atoms with E-state index in [4.69, 9.17) is 5.73 Å². The first-order valence-electron chi connectivity index (χ1n) is 3.01. The second-order valence-corrected chi connectivity index (χ2v) is 2.46. The van der Waals surface area contributed by atoms with Gasteiger partial charge in [0, 0.05) is 7.05 Å². The molecule has 0 heterocycles. The van der Waals surface area contributed by atoms with Gasteiger partial charge in [0.05, 0.1) is 0 Å². The Balaban J connectivity index is 4.22. The third-order valence-corrected chi connectivity index (χ3v) is 1.42. The van der Waals surface area contributed by atoms with Gasteiger partial charge in [0.15, 0.2) is 5.17 Å². The van der Waals surface area contributed by atoms with Gasteiger partial charge in [-0.05, 0) is 6.26 Å². The number of amidine groups is 1. The highest BCUT2D eigenvalue weighted by molar-refractivity contribution is 8.13. The van der Waals surface area contributed by atoms with Crippen LogP contribution in [0.1, 0.15) is 0 Å². The number of nitrogens with one attached hydrogen (secondary N) is 2. The number of thioether (sulfide) groups is 1. The van der Waals surface area contributed by atoms with Gasteiger partial charge >= 0.3 is 12.1 Å². The Labute approximate surface area is 74.0 Å². The molecule has 4 N–H and O–H groups in total. The van der Waals surface area contributed by atoms with Crippen molar-refractivity contribution in [3.8, 4) is 0 Å². The van der Waals surface area contributed by atoms with Gasteiger partial charge in [-0.15, -0.1) is 0 Å². The predicted octanol–water partition coefficient (Wildman–Crippen LogP) is -0.287. The van der Waals surface area contributed by atoms with Crippen molar-refractivity contribution in [2.45, 2.75) is 0 Å². The number of aliphatic imine (C=N–C) groups is 1. The molecule has 0 radical (unpaired) electrons. The van der Waals surface area contributed by atoms with Gasteiger partial charge in [-0.2, -0.15) is 4.99 Å². The fourth-order valence-corrected chi connectivity index (χ4v) is 0.755. The number of nitrogens with two attached hydrogens (primary N) is 1. The molecule has 0 aliphatic rings. The fraction of sp³-hybridized carbons (Fsp3) is 0.400. The summed E-state index contributed by atoms with van der Waals surface area (Å²) in [6, 6.07) is -1.28. The molecule has 0 fully saturated rings. The standard InChI is InChI=1S/C5H10N4O2S/c1-7-4(11)9-5(12-2)8-3(6)10/h1-2H3,(H4,6,7,8,9,10,11). The van der Waals surface area contributed by atoms with E-state index in [9.17, 15) is 9.59 Å². The Hall–Kier alpha value is -1.24. The lowest BCUT2D eigenvalue weighted by molar-refractivity contribution is 0.251. The molecule has 0 aromatic rings. The van der Waals surface area contributed by atoms with Gasteiger partial charge in [-0.25, -0.2) is 9.59 Å². The monoisotopic (exact) mass is 190 g/mol. The average molecular weight is 190 g/mol. The molecule has 0 spiro atoms. The van der Waals surface area contributed by atoms with Gasteiger partial charge in [-0.3, -0.25) is 5.32 Å². The summed E-state index contributed by atoms with van der Waals surface area (Å²) in [5.74, 6) is 0. The van der Waals surface area contributed by atoms with Crippen LogP contribution < -0.4 is 16.4 Å². The zero-order valence-corrected chi connectivity index (χ0v) is 7.57. The first kappa shape index (κ1) is 10.8. The third-order valence-electron chi connectivity index (χ3n) is 0.840. The van der Waals surface area contributed by atoms with E-state index in [2.05, 4.69) is 15.6 Å². The molecule has 4 amide bonds. The van der Waals surface area contributed by atoms with Crippen LogP contribution in [0.15, 0.2) is 4.99 Å². The molecule has 0 aromatic carbocycles. The lowest BCUT2D eigenvalue weighted by Gasteiger charge is -2.00. The highest BCUT2D eigenvalue weighted by Crippen LogP contribution is 1.94. The Kier molecular flexibility index (Phi) is 4.86. The normalized spacial score (nSPS) is 10.7. The van der Waals surface area contributed by atoms with Gasteiger partial charge in [0.25, 0.3) is 0 Å². The van der Waals surface area contributed by atoms with Gasteiger partial charge in [0.1, 0.15) is 0 Å². The summed E-state index contributed by atoms with van der Waals surface area (Å²) in [4.78, 5) is 24.5. The first-order chi connectivity index (χ1) is 5.60. The van der Waals surface area contributed by atoms with Crippen molar-refractivity contribution in [2.75, 3.05) is 13.3 Å². The van der Waals surface area contributed by atoms with E-state index < -0.39 is 12.1 Å². The van der Waals surface area contributed by atoms with Gasteiger partial charge in [-0.1, -0.05) is 11.8 Å². The number of rotatable bonds is 0. The van der Waals surface area contributed by atoms with E-state index in [1.165, 1.54) is 7.05 Å². The van der Waals surface area contributed by atoms with E-state index in [0.29, 0.717) is 0 Å². The van der Waals surface area contributed by atoms with Crippen molar-refractivity contribution in [1.29, 1.82) is 0 Å². The molecule has 7 heteroatoms. The summed E-state index contributed by atoms with van der Waals surface area (Å²) in [7, 11) is 1.44. The largest absolute Gasteiger partial charge is 0.351 e. The summed E-state index contributed by atoms with van der Waals surface area (Å²) in [6.07, 6.45) is 1.66.